The first-order valence-electron chi connectivity index (χ1n) is 7.25. The molecule has 2 atom stereocenters. The first-order valence-corrected chi connectivity index (χ1v) is 7.25. The first kappa shape index (κ1) is 23.0. The number of carbonyl (C=O) groups is 2. The molecule has 0 saturated carbocycles. The number of carboxylic acids is 2. The summed E-state index contributed by atoms with van der Waals surface area (Å²) in [5.74, 6) is -2.03. The van der Waals surface area contributed by atoms with Gasteiger partial charge in [0.2, 0.25) is 0 Å². The number of rotatable bonds is 12. The Hall–Kier alpha value is -1.28. The molecular formula is C14H26F2O6. The van der Waals surface area contributed by atoms with Crippen molar-refractivity contribution in [1.82, 2.24) is 0 Å². The molecule has 0 fully saturated rings. The maximum absolute atomic E-state index is 11.5. The van der Waals surface area contributed by atoms with Gasteiger partial charge in [0.05, 0.1) is 38.4 Å². The standard InChI is InChI=1S/2C7H13FO3/c2*8-4-2-1-3-6(9)5-7(10)11/h2*6,9H,1-5H2,(H,10,11). The number of alkyl halides is 2. The van der Waals surface area contributed by atoms with E-state index in [4.69, 9.17) is 20.4 Å². The highest BCUT2D eigenvalue weighted by atomic mass is 19.1. The van der Waals surface area contributed by atoms with E-state index >= 15 is 0 Å². The molecule has 0 aromatic heterocycles. The van der Waals surface area contributed by atoms with Gasteiger partial charge in [0, 0.05) is 0 Å². The van der Waals surface area contributed by atoms with Crippen LogP contribution in [0.1, 0.15) is 51.4 Å². The molecule has 132 valence electrons. The van der Waals surface area contributed by atoms with Crippen molar-refractivity contribution in [3.8, 4) is 0 Å². The molecule has 0 aromatic rings. The van der Waals surface area contributed by atoms with E-state index in [1.807, 2.05) is 0 Å². The number of unbranched alkanes of at least 4 members (excludes halogenated alkanes) is 2. The molecule has 4 N–H and O–H groups in total. The minimum absolute atomic E-state index is 0.244. The SMILES string of the molecule is O=C(O)CC(O)CCCCF.O=C(O)CC(O)CCCCF. The second-order valence-electron chi connectivity index (χ2n) is 4.87. The summed E-state index contributed by atoms with van der Waals surface area (Å²) in [7, 11) is 0. The fraction of sp³-hybridized carbons (Fsp3) is 0.857. The number of hydrogen-bond acceptors (Lipinski definition) is 4. The van der Waals surface area contributed by atoms with Crippen LogP contribution in [0.15, 0.2) is 0 Å². The smallest absolute Gasteiger partial charge is 0.305 e. The van der Waals surface area contributed by atoms with Crippen LogP contribution >= 0.6 is 0 Å². The highest BCUT2D eigenvalue weighted by molar-refractivity contribution is 5.67. The van der Waals surface area contributed by atoms with Crippen LogP contribution in [0, 0.1) is 0 Å². The summed E-state index contributed by atoms with van der Waals surface area (Å²) in [5.41, 5.74) is 0. The Morgan fingerprint density at radius 3 is 1.27 bits per heavy atom. The molecule has 0 bridgehead atoms. The summed E-state index contributed by atoms with van der Waals surface area (Å²) in [6.07, 6.45) is 0.506. The molecule has 0 rings (SSSR count). The fourth-order valence-corrected chi connectivity index (χ4v) is 1.56. The van der Waals surface area contributed by atoms with Crippen LogP contribution in [-0.2, 0) is 9.59 Å². The molecule has 6 nitrogen and oxygen atoms in total. The number of carboxylic acid groups (broad SMARTS) is 2. The third kappa shape index (κ3) is 21.0. The lowest BCUT2D eigenvalue weighted by atomic mass is 10.1. The Kier molecular flexibility index (Phi) is 16.8. The molecule has 0 aliphatic rings. The van der Waals surface area contributed by atoms with Gasteiger partial charge in [-0.1, -0.05) is 0 Å². The summed E-state index contributed by atoms with van der Waals surface area (Å²) in [6, 6.07) is 0. The van der Waals surface area contributed by atoms with Crippen molar-refractivity contribution in [1.29, 1.82) is 0 Å². The average Bonchev–Trinajstić information content (AvgIpc) is 2.38. The van der Waals surface area contributed by atoms with E-state index < -0.39 is 37.5 Å². The van der Waals surface area contributed by atoms with Gasteiger partial charge in [-0.25, -0.2) is 0 Å². The van der Waals surface area contributed by atoms with E-state index in [1.54, 1.807) is 0 Å². The van der Waals surface area contributed by atoms with Crippen LogP contribution in [0.4, 0.5) is 8.78 Å². The third-order valence-electron chi connectivity index (χ3n) is 2.66. The lowest BCUT2D eigenvalue weighted by molar-refractivity contribution is -0.140. The molecule has 0 radical (unpaired) electrons. The van der Waals surface area contributed by atoms with Gasteiger partial charge in [0.1, 0.15) is 0 Å². The minimum atomic E-state index is -1.02. The van der Waals surface area contributed by atoms with Gasteiger partial charge in [-0.15, -0.1) is 0 Å². The molecule has 0 aliphatic heterocycles. The van der Waals surface area contributed by atoms with Gasteiger partial charge in [-0.3, -0.25) is 18.4 Å². The van der Waals surface area contributed by atoms with E-state index in [1.165, 1.54) is 0 Å². The zero-order valence-electron chi connectivity index (χ0n) is 12.6. The largest absolute Gasteiger partial charge is 0.481 e. The average molecular weight is 328 g/mol. The number of aliphatic hydroxyl groups excluding tert-OH is 2. The third-order valence-corrected chi connectivity index (χ3v) is 2.66. The maximum atomic E-state index is 11.5. The first-order chi connectivity index (χ1) is 10.3. The van der Waals surface area contributed by atoms with Crippen LogP contribution in [0.3, 0.4) is 0 Å². The van der Waals surface area contributed by atoms with Gasteiger partial charge < -0.3 is 20.4 Å². The van der Waals surface area contributed by atoms with Crippen molar-refractivity contribution in [2.24, 2.45) is 0 Å². The second-order valence-corrected chi connectivity index (χ2v) is 4.87. The number of aliphatic carboxylic acids is 2. The second kappa shape index (κ2) is 16.1. The molecule has 0 spiro atoms. The topological polar surface area (TPSA) is 115 Å². The zero-order valence-corrected chi connectivity index (χ0v) is 12.6. The predicted octanol–water partition coefficient (Wildman–Crippen LogP) is 1.92. The highest BCUT2D eigenvalue weighted by Crippen LogP contribution is 2.05. The van der Waals surface area contributed by atoms with Gasteiger partial charge in [-0.2, -0.15) is 0 Å². The summed E-state index contributed by atoms with van der Waals surface area (Å²) in [4.78, 5) is 20.0. The molecule has 0 aromatic carbocycles. The quantitative estimate of drug-likeness (QED) is 0.407. The molecule has 0 heterocycles. The zero-order chi connectivity index (χ0) is 17.4. The Balaban J connectivity index is 0. The van der Waals surface area contributed by atoms with Crippen LogP contribution in [-0.4, -0.2) is 57.9 Å². The van der Waals surface area contributed by atoms with E-state index in [0.29, 0.717) is 38.5 Å². The summed E-state index contributed by atoms with van der Waals surface area (Å²) in [6.45, 7) is -0.806. The van der Waals surface area contributed by atoms with Gasteiger partial charge in [0.25, 0.3) is 0 Å². The summed E-state index contributed by atoms with van der Waals surface area (Å²) in [5, 5.41) is 34.3. The Bertz CT molecular complexity index is 261. The van der Waals surface area contributed by atoms with Crippen molar-refractivity contribution in [3.63, 3.8) is 0 Å². The Morgan fingerprint density at radius 2 is 1.05 bits per heavy atom. The van der Waals surface area contributed by atoms with Crippen molar-refractivity contribution in [2.75, 3.05) is 13.3 Å². The van der Waals surface area contributed by atoms with Gasteiger partial charge >= 0.3 is 11.9 Å². The van der Waals surface area contributed by atoms with E-state index in [9.17, 15) is 18.4 Å². The molecule has 8 heteroatoms. The van der Waals surface area contributed by atoms with Crippen molar-refractivity contribution >= 4 is 11.9 Å². The van der Waals surface area contributed by atoms with Crippen LogP contribution in [0.5, 0.6) is 0 Å². The number of hydrogen-bond donors (Lipinski definition) is 4. The lowest BCUT2D eigenvalue weighted by Gasteiger charge is -2.05. The molecule has 2 unspecified atom stereocenters. The van der Waals surface area contributed by atoms with Crippen LogP contribution in [0.25, 0.3) is 0 Å². The predicted molar refractivity (Wildman–Crippen MR) is 76.2 cm³/mol. The number of aliphatic hydroxyl groups is 2. The van der Waals surface area contributed by atoms with Crippen LogP contribution in [0.2, 0.25) is 0 Å². The maximum Gasteiger partial charge on any atom is 0.305 e. The molecule has 0 saturated heterocycles. The van der Waals surface area contributed by atoms with Gasteiger partial charge in [0.15, 0.2) is 0 Å². The molecule has 0 amide bonds. The van der Waals surface area contributed by atoms with Crippen molar-refractivity contribution in [3.05, 3.63) is 0 Å². The van der Waals surface area contributed by atoms with Gasteiger partial charge in [-0.05, 0) is 38.5 Å². The Labute approximate surface area is 128 Å². The Morgan fingerprint density at radius 1 is 0.727 bits per heavy atom. The molecule has 0 aliphatic carbocycles. The normalized spacial score (nSPS) is 12.9. The summed E-state index contributed by atoms with van der Waals surface area (Å²) < 4.78 is 23.0. The highest BCUT2D eigenvalue weighted by Gasteiger charge is 2.08. The van der Waals surface area contributed by atoms with Crippen molar-refractivity contribution in [2.45, 2.75) is 63.6 Å². The molecular weight excluding hydrogens is 302 g/mol. The van der Waals surface area contributed by atoms with E-state index in [0.717, 1.165) is 0 Å². The number of halogens is 2. The summed E-state index contributed by atoms with van der Waals surface area (Å²) >= 11 is 0. The van der Waals surface area contributed by atoms with Crippen molar-refractivity contribution < 1.29 is 38.8 Å². The molecule has 22 heavy (non-hydrogen) atoms. The van der Waals surface area contributed by atoms with Crippen LogP contribution < -0.4 is 0 Å². The minimum Gasteiger partial charge on any atom is -0.481 e. The fourth-order valence-electron chi connectivity index (χ4n) is 1.56. The van der Waals surface area contributed by atoms with E-state index in [-0.39, 0.29) is 12.8 Å². The monoisotopic (exact) mass is 328 g/mol. The lowest BCUT2D eigenvalue weighted by Crippen LogP contribution is -2.12. The van der Waals surface area contributed by atoms with E-state index in [2.05, 4.69) is 0 Å².